The molecule has 1 aromatic rings. The van der Waals surface area contributed by atoms with Crippen LogP contribution in [0.5, 0.6) is 0 Å². The van der Waals surface area contributed by atoms with Gasteiger partial charge in [0.2, 0.25) is 0 Å². The van der Waals surface area contributed by atoms with E-state index in [1.165, 1.54) is 0 Å². The van der Waals surface area contributed by atoms with E-state index in [0.717, 1.165) is 33.3 Å². The third-order valence-corrected chi connectivity index (χ3v) is 15.2. The molecular weight excluding hydrogens is 877 g/mol. The Kier molecular flexibility index (Phi) is 19.8. The van der Waals surface area contributed by atoms with Crippen molar-refractivity contribution < 1.29 is 84.8 Å². The monoisotopic (exact) mass is 931 g/mol. The molecule has 3 rings (SSSR count). The lowest BCUT2D eigenvalue weighted by atomic mass is 9.97. The molecule has 63 heavy (non-hydrogen) atoms. The second kappa shape index (κ2) is 23.7. The minimum Gasteiger partial charge on any atom is -0.458 e. The van der Waals surface area contributed by atoms with Crippen LogP contribution in [0.3, 0.4) is 0 Å². The smallest absolute Gasteiger partial charge is 0.458 e. The van der Waals surface area contributed by atoms with Gasteiger partial charge in [0.15, 0.2) is 45.3 Å². The van der Waals surface area contributed by atoms with Crippen LogP contribution in [0.1, 0.15) is 54.0 Å². The molecule has 0 aliphatic carbocycles. The molecule has 2 aliphatic rings. The Morgan fingerprint density at radius 3 is 1.76 bits per heavy atom. The number of phosphoric ester groups is 1. The van der Waals surface area contributed by atoms with Crippen molar-refractivity contribution in [2.24, 2.45) is 10.2 Å². The number of hydrogen-bond acceptors (Lipinski definition) is 19. The number of carbonyl (C=O) groups excluding carboxylic acids is 5. The lowest BCUT2D eigenvalue weighted by molar-refractivity contribution is -0.273. The minimum absolute atomic E-state index is 0.0211. The fourth-order valence-corrected chi connectivity index (χ4v) is 7.75. The molecule has 25 nitrogen and oxygen atoms in total. The molecule has 2 aliphatic heterocycles. The fourth-order valence-electron chi connectivity index (χ4n) is 5.90. The maximum Gasteiger partial charge on any atom is 0.474 e. The number of nitrogens with zero attached hydrogens (tertiary/aromatic N) is 6. The van der Waals surface area contributed by atoms with E-state index in [2.05, 4.69) is 25.4 Å². The van der Waals surface area contributed by atoms with Crippen LogP contribution in [0.25, 0.3) is 20.9 Å². The Morgan fingerprint density at radius 1 is 0.794 bits per heavy atom. The largest absolute Gasteiger partial charge is 0.474 e. The van der Waals surface area contributed by atoms with E-state index in [1.54, 1.807) is 30.3 Å². The summed E-state index contributed by atoms with van der Waals surface area (Å²) in [5, 5.41) is 9.36. The van der Waals surface area contributed by atoms with E-state index in [1.807, 2.05) is 33.9 Å². The zero-order valence-electron chi connectivity index (χ0n) is 36.2. The summed E-state index contributed by atoms with van der Waals surface area (Å²) in [5.74, 6) is -3.61. The van der Waals surface area contributed by atoms with Gasteiger partial charge in [-0.3, -0.25) is 28.2 Å². The Labute approximate surface area is 363 Å². The topological polar surface area (TPSA) is 334 Å². The van der Waals surface area contributed by atoms with Crippen LogP contribution in [0.2, 0.25) is 18.1 Å². The van der Waals surface area contributed by atoms with Gasteiger partial charge < -0.3 is 52.5 Å². The Balaban J connectivity index is 1.89. The van der Waals surface area contributed by atoms with E-state index in [9.17, 15) is 44.5 Å². The summed E-state index contributed by atoms with van der Waals surface area (Å²) in [6.45, 7) is 12.0. The predicted octanol–water partition coefficient (Wildman–Crippen LogP) is 4.62. The van der Waals surface area contributed by atoms with Crippen molar-refractivity contribution in [3.63, 3.8) is 0 Å². The molecule has 0 radical (unpaired) electrons. The van der Waals surface area contributed by atoms with Crippen LogP contribution in [0.15, 0.2) is 40.6 Å². The predicted molar refractivity (Wildman–Crippen MR) is 216 cm³/mol. The molecule has 350 valence electrons. The molecule has 0 saturated carbocycles. The van der Waals surface area contributed by atoms with Crippen molar-refractivity contribution in [3.8, 4) is 0 Å². The highest BCUT2D eigenvalue weighted by atomic mass is 31.2. The number of azide groups is 2. The van der Waals surface area contributed by atoms with Crippen LogP contribution >= 0.6 is 7.82 Å². The summed E-state index contributed by atoms with van der Waals surface area (Å²) in [7, 11) is -7.97. The van der Waals surface area contributed by atoms with Gasteiger partial charge in [-0.25, -0.2) is 9.36 Å². The van der Waals surface area contributed by atoms with Gasteiger partial charge in [-0.15, -0.1) is 0 Å². The number of ether oxygens (including phenoxy) is 8. The number of phosphoric acid groups is 1. The number of alkyl carbamates (subject to hydrolysis) is 1. The van der Waals surface area contributed by atoms with Gasteiger partial charge in [0.05, 0.1) is 19.8 Å². The number of amides is 1. The number of carbonyl (C=O) groups is 5. The third kappa shape index (κ3) is 16.3. The second-order valence-corrected chi connectivity index (χ2v) is 21.8. The first kappa shape index (κ1) is 52.5. The molecule has 2 fully saturated rings. The first-order valence-electron chi connectivity index (χ1n) is 19.4. The highest BCUT2D eigenvalue weighted by Crippen LogP contribution is 2.48. The lowest BCUT2D eigenvalue weighted by Gasteiger charge is -2.45. The Hall–Kier alpha value is -4.84. The molecule has 27 heteroatoms. The normalized spacial score (nSPS) is 26.9. The van der Waals surface area contributed by atoms with Crippen molar-refractivity contribution in [1.29, 1.82) is 0 Å². The summed E-state index contributed by atoms with van der Waals surface area (Å²) in [4.78, 5) is 78.1. The van der Waals surface area contributed by atoms with Crippen LogP contribution in [-0.2, 0) is 81.7 Å². The summed E-state index contributed by atoms with van der Waals surface area (Å²) in [5.41, 5.74) is 19.6. The van der Waals surface area contributed by atoms with Gasteiger partial charge in [0, 0.05) is 44.1 Å². The molecule has 2 N–H and O–H groups in total. The van der Waals surface area contributed by atoms with Crippen molar-refractivity contribution in [1.82, 2.24) is 5.32 Å². The van der Waals surface area contributed by atoms with Gasteiger partial charge in [-0.05, 0) is 34.8 Å². The first-order chi connectivity index (χ1) is 29.5. The molecule has 11 atom stereocenters. The van der Waals surface area contributed by atoms with Crippen LogP contribution in [-0.4, -0.2) is 131 Å². The Morgan fingerprint density at radius 2 is 1.27 bits per heavy atom. The zero-order chi connectivity index (χ0) is 47.1. The fraction of sp³-hybridized carbons (Fsp3) is 0.694. The molecule has 0 spiro atoms. The molecule has 0 aromatic heterocycles. The molecule has 1 unspecified atom stereocenters. The summed E-state index contributed by atoms with van der Waals surface area (Å²) < 4.78 is 75.3. The highest BCUT2D eigenvalue weighted by molar-refractivity contribution is 7.47. The van der Waals surface area contributed by atoms with E-state index in [4.69, 9.17) is 51.4 Å². The van der Waals surface area contributed by atoms with Gasteiger partial charge in [-0.1, -0.05) is 61.3 Å². The van der Waals surface area contributed by atoms with Crippen LogP contribution in [0.4, 0.5) is 4.79 Å². The van der Waals surface area contributed by atoms with Crippen molar-refractivity contribution >= 4 is 46.1 Å². The average Bonchev–Trinajstić information content (AvgIpc) is 3.17. The average molecular weight is 932 g/mol. The van der Waals surface area contributed by atoms with Crippen LogP contribution < -0.4 is 5.32 Å². The minimum atomic E-state index is -5.42. The number of rotatable bonds is 20. The number of esters is 4. The van der Waals surface area contributed by atoms with Crippen LogP contribution in [0, 0.1) is 0 Å². The first-order valence-corrected chi connectivity index (χ1v) is 23.8. The second-order valence-electron chi connectivity index (χ2n) is 15.6. The number of nitrogens with one attached hydrogen (secondary N) is 1. The summed E-state index contributed by atoms with van der Waals surface area (Å²) in [6, 6.07) is 5.56. The SMILES string of the molecule is CC(=O)O[C@@H]1[C@H](N=[N+]=[N-])[C@@H](OP(=O)(O)OC[C@H]2O[C@H](OCCNC(=O)OCc3ccccc3)[C@@H](N=[N+]=[N-])[C@@H](OC(C)=O)[C@@H]2OC(C)=O)O[C@H](CO[Si](C)(C)C(C)(C)C)[C@H]1OC(C)=O. The van der Waals surface area contributed by atoms with Gasteiger partial charge in [0.1, 0.15) is 30.9 Å². The van der Waals surface area contributed by atoms with Crippen molar-refractivity contribution in [3.05, 3.63) is 56.8 Å². The van der Waals surface area contributed by atoms with E-state index < -0.39 is 114 Å². The van der Waals surface area contributed by atoms with E-state index >= 15 is 0 Å². The van der Waals surface area contributed by atoms with Gasteiger partial charge in [-0.2, -0.15) is 0 Å². The molecule has 1 amide bonds. The third-order valence-electron chi connectivity index (χ3n) is 9.73. The summed E-state index contributed by atoms with van der Waals surface area (Å²) in [6.07, 6.45) is -13.8. The van der Waals surface area contributed by atoms with E-state index in [-0.39, 0.29) is 31.4 Å². The molecule has 0 bridgehead atoms. The highest BCUT2D eigenvalue weighted by Gasteiger charge is 2.54. The zero-order valence-corrected chi connectivity index (χ0v) is 38.1. The quantitative estimate of drug-likeness (QED) is 0.0263. The maximum absolute atomic E-state index is 13.8. The Bertz CT molecular complexity index is 1900. The lowest BCUT2D eigenvalue weighted by Crippen LogP contribution is -2.62. The molecule has 2 saturated heterocycles. The number of hydrogen-bond donors (Lipinski definition) is 2. The van der Waals surface area contributed by atoms with Crippen molar-refractivity contribution in [2.75, 3.05) is 26.4 Å². The number of benzene rings is 1. The van der Waals surface area contributed by atoms with Gasteiger partial charge in [0.25, 0.3) is 0 Å². The van der Waals surface area contributed by atoms with E-state index in [0.29, 0.717) is 0 Å². The molecule has 1 aromatic carbocycles. The molecular formula is C36H54N7O18PSi. The standard InChI is InChI=1S/C36H54N7O18PSi/c1-20(44)55-29-25(59-33(27(40-42-37)31(29)57-22(3)46)51-16-15-39-35(48)52-17-24-13-11-10-12-14-24)18-53-62(49,50)61-34-28(41-43-38)32(58-23(4)47)30(56-21(2)45)26(60-34)19-54-63(8,9)36(5,6)7/h10-14,25-34H,15-19H2,1-9H3,(H,39,48)(H,49,50)/t25-,26-,27+,28+,29-,30-,31-,32-,33+,34-/m1/s1. The maximum atomic E-state index is 13.8. The molecule has 2 heterocycles. The summed E-state index contributed by atoms with van der Waals surface area (Å²) >= 11 is 0. The van der Waals surface area contributed by atoms with Crippen molar-refractivity contribution in [2.45, 2.75) is 134 Å². The van der Waals surface area contributed by atoms with Gasteiger partial charge >= 0.3 is 37.8 Å².